The van der Waals surface area contributed by atoms with Gasteiger partial charge in [-0.25, -0.2) is 0 Å². The smallest absolute Gasteiger partial charge is 0.118 e. The molecule has 0 radical (unpaired) electrons. The Balaban J connectivity index is 1.60. The second kappa shape index (κ2) is 5.88. The van der Waals surface area contributed by atoms with E-state index >= 15 is 0 Å². The summed E-state index contributed by atoms with van der Waals surface area (Å²) >= 11 is 0. The number of ether oxygens (including phenoxy) is 1. The van der Waals surface area contributed by atoms with Crippen molar-refractivity contribution in [3.8, 4) is 0 Å². The second-order valence-electron chi connectivity index (χ2n) is 6.37. The van der Waals surface area contributed by atoms with Crippen LogP contribution in [0.5, 0.6) is 0 Å². The molecule has 1 saturated heterocycles. The van der Waals surface area contributed by atoms with Crippen molar-refractivity contribution in [2.45, 2.75) is 64.9 Å². The lowest BCUT2D eigenvalue weighted by molar-refractivity contribution is -0.0527. The van der Waals surface area contributed by atoms with E-state index in [-0.39, 0.29) is 0 Å². The van der Waals surface area contributed by atoms with E-state index in [2.05, 4.69) is 37.1 Å². The molecule has 0 aromatic carbocycles. The van der Waals surface area contributed by atoms with Crippen LogP contribution in [0.15, 0.2) is 10.5 Å². The molecule has 4 nitrogen and oxygen atoms in total. The SMILES string of the molecule is Cc1oc(CNC2CC2)cc1CN1CC(C)OCC1C. The third-order valence-corrected chi connectivity index (χ3v) is 4.32. The molecular formula is C16H26N2O2. The van der Waals surface area contributed by atoms with E-state index in [4.69, 9.17) is 9.15 Å². The van der Waals surface area contributed by atoms with Crippen LogP contribution in [0, 0.1) is 6.92 Å². The molecular weight excluding hydrogens is 252 g/mol. The maximum atomic E-state index is 5.88. The zero-order chi connectivity index (χ0) is 14.1. The summed E-state index contributed by atoms with van der Waals surface area (Å²) < 4.78 is 11.6. The molecule has 112 valence electrons. The van der Waals surface area contributed by atoms with E-state index in [9.17, 15) is 0 Å². The average molecular weight is 278 g/mol. The first-order valence-corrected chi connectivity index (χ1v) is 7.79. The fourth-order valence-electron chi connectivity index (χ4n) is 2.78. The Kier molecular flexibility index (Phi) is 4.15. The summed E-state index contributed by atoms with van der Waals surface area (Å²) in [6, 6.07) is 3.43. The lowest BCUT2D eigenvalue weighted by Crippen LogP contribution is -2.46. The van der Waals surface area contributed by atoms with Crippen molar-refractivity contribution in [2.75, 3.05) is 13.2 Å². The van der Waals surface area contributed by atoms with Crippen molar-refractivity contribution in [1.82, 2.24) is 10.2 Å². The van der Waals surface area contributed by atoms with Crippen LogP contribution in [0.4, 0.5) is 0 Å². The van der Waals surface area contributed by atoms with Gasteiger partial charge in [0.15, 0.2) is 0 Å². The molecule has 1 aliphatic carbocycles. The number of nitrogens with zero attached hydrogens (tertiary/aromatic N) is 1. The molecule has 2 unspecified atom stereocenters. The van der Waals surface area contributed by atoms with Crippen molar-refractivity contribution < 1.29 is 9.15 Å². The Morgan fingerprint density at radius 2 is 2.15 bits per heavy atom. The summed E-state index contributed by atoms with van der Waals surface area (Å²) in [7, 11) is 0. The lowest BCUT2D eigenvalue weighted by atomic mass is 10.1. The second-order valence-corrected chi connectivity index (χ2v) is 6.37. The van der Waals surface area contributed by atoms with Crippen LogP contribution in [-0.4, -0.2) is 36.2 Å². The van der Waals surface area contributed by atoms with Crippen LogP contribution >= 0.6 is 0 Å². The molecule has 0 bridgehead atoms. The van der Waals surface area contributed by atoms with Gasteiger partial charge in [-0.15, -0.1) is 0 Å². The Morgan fingerprint density at radius 3 is 2.90 bits per heavy atom. The first-order valence-electron chi connectivity index (χ1n) is 7.79. The normalized spacial score (nSPS) is 27.9. The molecule has 0 spiro atoms. The van der Waals surface area contributed by atoms with Crippen molar-refractivity contribution in [2.24, 2.45) is 0 Å². The summed E-state index contributed by atoms with van der Waals surface area (Å²) in [5.41, 5.74) is 1.32. The summed E-state index contributed by atoms with van der Waals surface area (Å²) in [5.74, 6) is 2.13. The Hall–Kier alpha value is -0.840. The van der Waals surface area contributed by atoms with Crippen LogP contribution in [0.25, 0.3) is 0 Å². The van der Waals surface area contributed by atoms with Gasteiger partial charge in [-0.2, -0.15) is 0 Å². The fourth-order valence-corrected chi connectivity index (χ4v) is 2.78. The molecule has 1 aromatic heterocycles. The Bertz CT molecular complexity index is 453. The van der Waals surface area contributed by atoms with Gasteiger partial charge >= 0.3 is 0 Å². The average Bonchev–Trinajstić information content (AvgIpc) is 3.17. The Morgan fingerprint density at radius 1 is 1.35 bits per heavy atom. The van der Waals surface area contributed by atoms with Crippen LogP contribution in [0.2, 0.25) is 0 Å². The molecule has 2 heterocycles. The molecule has 3 rings (SSSR count). The predicted octanol–water partition coefficient (Wildman–Crippen LogP) is 2.45. The standard InChI is InChI=1S/C16H26N2O2/c1-11-10-19-12(2)8-18(11)9-14-6-16(20-13(14)3)7-17-15-4-5-15/h6,11-12,15,17H,4-5,7-10H2,1-3H3. The molecule has 1 aromatic rings. The minimum Gasteiger partial charge on any atom is -0.465 e. The topological polar surface area (TPSA) is 37.6 Å². The molecule has 4 heteroatoms. The van der Waals surface area contributed by atoms with Gasteiger partial charge in [-0.05, 0) is 39.7 Å². The molecule has 0 amide bonds. The maximum absolute atomic E-state index is 5.88. The van der Waals surface area contributed by atoms with Gasteiger partial charge in [0.25, 0.3) is 0 Å². The van der Waals surface area contributed by atoms with Crippen molar-refractivity contribution in [3.63, 3.8) is 0 Å². The predicted molar refractivity (Wildman–Crippen MR) is 78.6 cm³/mol. The maximum Gasteiger partial charge on any atom is 0.118 e. The molecule has 2 atom stereocenters. The van der Waals surface area contributed by atoms with E-state index in [1.54, 1.807) is 0 Å². The number of rotatable bonds is 5. The first kappa shape index (κ1) is 14.1. The van der Waals surface area contributed by atoms with Gasteiger partial charge < -0.3 is 14.5 Å². The minimum absolute atomic E-state index is 0.328. The van der Waals surface area contributed by atoms with Crippen molar-refractivity contribution in [3.05, 3.63) is 23.2 Å². The monoisotopic (exact) mass is 278 g/mol. The summed E-state index contributed by atoms with van der Waals surface area (Å²) in [5, 5.41) is 3.51. The van der Waals surface area contributed by atoms with E-state index in [0.29, 0.717) is 12.1 Å². The molecule has 1 N–H and O–H groups in total. The number of furan rings is 1. The Labute approximate surface area is 121 Å². The highest BCUT2D eigenvalue weighted by Gasteiger charge is 2.25. The molecule has 2 aliphatic rings. The van der Waals surface area contributed by atoms with Crippen molar-refractivity contribution in [1.29, 1.82) is 0 Å². The van der Waals surface area contributed by atoms with Crippen LogP contribution in [-0.2, 0) is 17.8 Å². The fraction of sp³-hybridized carbons (Fsp3) is 0.750. The number of hydrogen-bond acceptors (Lipinski definition) is 4. The van der Waals surface area contributed by atoms with Gasteiger partial charge in [0.2, 0.25) is 0 Å². The van der Waals surface area contributed by atoms with Gasteiger partial charge in [-0.3, -0.25) is 4.90 Å². The third-order valence-electron chi connectivity index (χ3n) is 4.32. The molecule has 1 aliphatic heterocycles. The highest BCUT2D eigenvalue weighted by Crippen LogP contribution is 2.22. The van der Waals surface area contributed by atoms with Gasteiger partial charge in [0.05, 0.1) is 19.3 Å². The summed E-state index contributed by atoms with van der Waals surface area (Å²) in [4.78, 5) is 2.49. The van der Waals surface area contributed by atoms with Gasteiger partial charge in [-0.1, -0.05) is 0 Å². The van der Waals surface area contributed by atoms with E-state index in [0.717, 1.165) is 43.8 Å². The quantitative estimate of drug-likeness (QED) is 0.898. The summed E-state index contributed by atoms with van der Waals surface area (Å²) in [6.45, 7) is 10.1. The van der Waals surface area contributed by atoms with E-state index in [1.165, 1.54) is 18.4 Å². The number of hydrogen-bond donors (Lipinski definition) is 1. The largest absolute Gasteiger partial charge is 0.465 e. The highest BCUT2D eigenvalue weighted by molar-refractivity contribution is 5.21. The zero-order valence-corrected chi connectivity index (χ0v) is 12.8. The van der Waals surface area contributed by atoms with Crippen LogP contribution < -0.4 is 5.32 Å². The highest BCUT2D eigenvalue weighted by atomic mass is 16.5. The molecule has 2 fully saturated rings. The summed E-state index contributed by atoms with van der Waals surface area (Å²) in [6.07, 6.45) is 2.96. The van der Waals surface area contributed by atoms with Crippen molar-refractivity contribution >= 4 is 0 Å². The van der Waals surface area contributed by atoms with Gasteiger partial charge in [0.1, 0.15) is 11.5 Å². The third kappa shape index (κ3) is 3.43. The molecule has 1 saturated carbocycles. The van der Waals surface area contributed by atoms with Crippen LogP contribution in [0.3, 0.4) is 0 Å². The lowest BCUT2D eigenvalue weighted by Gasteiger charge is -2.36. The van der Waals surface area contributed by atoms with E-state index in [1.807, 2.05) is 0 Å². The first-order chi connectivity index (χ1) is 9.61. The zero-order valence-electron chi connectivity index (χ0n) is 12.8. The van der Waals surface area contributed by atoms with Crippen LogP contribution in [0.1, 0.15) is 43.8 Å². The minimum atomic E-state index is 0.328. The number of morpholine rings is 1. The number of aryl methyl sites for hydroxylation is 1. The van der Waals surface area contributed by atoms with E-state index < -0.39 is 0 Å². The molecule has 20 heavy (non-hydrogen) atoms. The van der Waals surface area contributed by atoms with Gasteiger partial charge in [0, 0.05) is 30.7 Å². The number of nitrogens with one attached hydrogen (secondary N) is 1.